The maximum atomic E-state index is 14.3. The smallest absolute Gasteiger partial charge is 0.339 e. The third-order valence-electron chi connectivity index (χ3n) is 14.6. The van der Waals surface area contributed by atoms with Crippen molar-refractivity contribution in [2.24, 2.45) is 0 Å². The number of Topliss-reactive ketones (excluding diaryl/α,β-unsaturated/α-hetero) is 2. The van der Waals surface area contributed by atoms with Gasteiger partial charge in [0.05, 0.1) is 60.7 Å². The normalized spacial score (nSPS) is 13.6. The molecule has 1 heterocycles. The van der Waals surface area contributed by atoms with Crippen molar-refractivity contribution in [3.8, 4) is 0 Å². The molecular weight excluding hydrogens is 1130 g/mol. The Bertz CT molecular complexity index is 3420. The first-order valence-electron chi connectivity index (χ1n) is 28.5. The minimum atomic E-state index is -1.47. The predicted molar refractivity (Wildman–Crippen MR) is 318 cm³/mol. The second-order valence-corrected chi connectivity index (χ2v) is 22.6. The summed E-state index contributed by atoms with van der Waals surface area (Å²) in [6.45, 7) is 22.2. The Balaban J connectivity index is 1.62. The zero-order valence-corrected chi connectivity index (χ0v) is 51.8. The van der Waals surface area contributed by atoms with Crippen molar-refractivity contribution in [2.45, 2.75) is 163 Å². The van der Waals surface area contributed by atoms with Crippen LogP contribution in [0.2, 0.25) is 0 Å². The number of nitrogens with zero attached hydrogens (tertiary/aromatic N) is 3. The summed E-state index contributed by atoms with van der Waals surface area (Å²) in [5, 5.41) is 9.56. The first-order valence-corrected chi connectivity index (χ1v) is 28.5. The monoisotopic (exact) mass is 1210 g/mol. The van der Waals surface area contributed by atoms with E-state index >= 15 is 0 Å². The van der Waals surface area contributed by atoms with E-state index in [0.717, 1.165) is 0 Å². The van der Waals surface area contributed by atoms with E-state index in [0.29, 0.717) is 26.5 Å². The predicted octanol–water partition coefficient (Wildman–Crippen LogP) is 7.37. The van der Waals surface area contributed by atoms with Crippen LogP contribution in [0.5, 0.6) is 0 Å². The highest BCUT2D eigenvalue weighted by Crippen LogP contribution is 2.29. The third-order valence-corrected chi connectivity index (χ3v) is 14.6. The summed E-state index contributed by atoms with van der Waals surface area (Å²) in [6, 6.07) is 16.9. The molecule has 0 saturated carbocycles. The highest BCUT2D eigenvalue weighted by atomic mass is 16.6. The van der Waals surface area contributed by atoms with Crippen LogP contribution in [0.1, 0.15) is 177 Å². The lowest BCUT2D eigenvalue weighted by atomic mass is 9.89. The summed E-state index contributed by atoms with van der Waals surface area (Å²) in [7, 11) is 0. The van der Waals surface area contributed by atoms with Gasteiger partial charge < -0.3 is 43.0 Å². The van der Waals surface area contributed by atoms with Crippen molar-refractivity contribution in [2.75, 3.05) is 39.6 Å². The molecule has 0 saturated heterocycles. The Morgan fingerprint density at radius 2 is 0.839 bits per heavy atom. The van der Waals surface area contributed by atoms with Gasteiger partial charge in [0.1, 0.15) is 47.8 Å². The Kier molecular flexibility index (Phi) is 25.2. The van der Waals surface area contributed by atoms with Gasteiger partial charge in [-0.3, -0.25) is 9.59 Å². The number of aliphatic hydroxyl groups excluding tert-OH is 1. The molecule has 0 radical (unpaired) electrons. The number of hydrogen-bond donors (Lipinski definition) is 1. The van der Waals surface area contributed by atoms with Crippen molar-refractivity contribution in [3.05, 3.63) is 162 Å². The number of carbonyl (C=O) groups excluding carboxylic acids is 8. The minimum absolute atomic E-state index is 0.00655. The molecule has 4 aromatic rings. The number of rotatable bonds is 34. The number of hydrogen-bond acceptors (Lipinski definition) is 20. The van der Waals surface area contributed by atoms with Crippen molar-refractivity contribution in [1.82, 2.24) is 13.7 Å². The van der Waals surface area contributed by atoms with E-state index in [1.807, 2.05) is 6.92 Å². The van der Waals surface area contributed by atoms with Gasteiger partial charge in [0.2, 0.25) is 0 Å². The summed E-state index contributed by atoms with van der Waals surface area (Å²) in [5.74, 6) is -6.49. The van der Waals surface area contributed by atoms with Crippen molar-refractivity contribution < 1.29 is 81.4 Å². The van der Waals surface area contributed by atoms with Gasteiger partial charge in [-0.2, -0.15) is 0 Å². The van der Waals surface area contributed by atoms with Crippen LogP contribution in [0.25, 0.3) is 0 Å². The number of aliphatic hydroxyl groups is 1. The maximum absolute atomic E-state index is 14.3. The summed E-state index contributed by atoms with van der Waals surface area (Å²) in [6.07, 6.45) is 1.29. The zero-order chi connectivity index (χ0) is 65.2. The number of ether oxygens (including phenoxy) is 8. The van der Waals surface area contributed by atoms with E-state index in [-0.39, 0.29) is 89.4 Å². The molecule has 0 fully saturated rings. The van der Waals surface area contributed by atoms with Crippen LogP contribution in [0.3, 0.4) is 0 Å². The topological polar surface area (TPSA) is 297 Å². The molecule has 3 atom stereocenters. The lowest BCUT2D eigenvalue weighted by molar-refractivity contribution is -0.156. The highest BCUT2D eigenvalue weighted by molar-refractivity contribution is 6.10. The number of ketones is 2. The van der Waals surface area contributed by atoms with Crippen LogP contribution in [0.4, 0.5) is 0 Å². The molecule has 23 nitrogen and oxygen atoms in total. The van der Waals surface area contributed by atoms with Gasteiger partial charge in [-0.1, -0.05) is 76.4 Å². The molecule has 0 aliphatic carbocycles. The van der Waals surface area contributed by atoms with Crippen LogP contribution in [0, 0.1) is 0 Å². The molecule has 23 heteroatoms. The van der Waals surface area contributed by atoms with E-state index in [1.165, 1.54) is 100 Å². The van der Waals surface area contributed by atoms with Crippen LogP contribution < -0.4 is 17.1 Å². The van der Waals surface area contributed by atoms with Crippen molar-refractivity contribution in [1.29, 1.82) is 0 Å². The van der Waals surface area contributed by atoms with Crippen LogP contribution in [0.15, 0.2) is 111 Å². The third kappa shape index (κ3) is 18.8. The summed E-state index contributed by atoms with van der Waals surface area (Å²) >= 11 is 0. The van der Waals surface area contributed by atoms with Crippen molar-refractivity contribution in [3.63, 3.8) is 0 Å². The number of esters is 6. The number of carbonyl (C=O) groups is 8. The zero-order valence-electron chi connectivity index (χ0n) is 51.8. The quantitative estimate of drug-likeness (QED) is 0.0206. The van der Waals surface area contributed by atoms with Crippen LogP contribution in [-0.4, -0.2) is 134 Å². The van der Waals surface area contributed by atoms with Crippen LogP contribution >= 0.6 is 0 Å². The Morgan fingerprint density at radius 3 is 1.21 bits per heavy atom. The molecule has 4 rings (SSSR count). The summed E-state index contributed by atoms with van der Waals surface area (Å²) in [5.41, 5.74) is -10.4. The molecule has 0 amide bonds. The first kappa shape index (κ1) is 71.1. The van der Waals surface area contributed by atoms with Gasteiger partial charge >= 0.3 is 52.9 Å². The van der Waals surface area contributed by atoms with Gasteiger partial charge in [-0.15, -0.1) is 0 Å². The number of aromatic nitrogens is 3. The van der Waals surface area contributed by atoms with Gasteiger partial charge in [0.25, 0.3) is 0 Å². The highest BCUT2D eigenvalue weighted by Gasteiger charge is 2.38. The molecule has 0 aliphatic heterocycles. The largest absolute Gasteiger partial charge is 0.460 e. The Morgan fingerprint density at radius 1 is 0.471 bits per heavy atom. The van der Waals surface area contributed by atoms with E-state index in [2.05, 4.69) is 13.2 Å². The maximum Gasteiger partial charge on any atom is 0.339 e. The fourth-order valence-corrected chi connectivity index (χ4v) is 8.52. The first-order chi connectivity index (χ1) is 40.7. The average molecular weight is 1210 g/mol. The minimum Gasteiger partial charge on any atom is -0.460 e. The molecular formula is C64H81N3O20. The fraction of sp³-hybridized carbons (Fsp3) is 0.484. The molecule has 1 N–H and O–H groups in total. The van der Waals surface area contributed by atoms with Gasteiger partial charge in [0.15, 0.2) is 11.6 Å². The second kappa shape index (κ2) is 30.8. The molecule has 87 heavy (non-hydrogen) atoms. The lowest BCUT2D eigenvalue weighted by Gasteiger charge is -2.32. The Labute approximate surface area is 505 Å². The van der Waals surface area contributed by atoms with Gasteiger partial charge in [-0.25, -0.2) is 56.9 Å². The molecule has 1 aromatic heterocycles. The molecule has 472 valence electrons. The summed E-state index contributed by atoms with van der Waals surface area (Å²) in [4.78, 5) is 150. The second-order valence-electron chi connectivity index (χ2n) is 22.6. The molecule has 0 bridgehead atoms. The van der Waals surface area contributed by atoms with E-state index in [9.17, 15) is 57.8 Å². The standard InChI is InChI=1S/C64H81N3O20/c1-15-62(12,30-35-68)87-56(76)48-29-23-21-27-46(48)54(74)82-39-34-67-58(78)65(32-37-80-52(72)44-25-19-18-24-43(44)50(70)64(14,17-3)83-36-31-63(13,16-2)86-51(71)42(6)7)57(77)66(59(67)79)33-38-81-53(73)45-26-20-22-28-47(45)55(75)85-60(8,9)40-84-61(10,11)49(69)41(4)5/h18-29,68H,4,6,15-17,30-40H2,1-3,5,7-14H3. The molecule has 0 aliphatic rings. The molecule has 0 spiro atoms. The molecule has 3 aromatic carbocycles. The van der Waals surface area contributed by atoms with Crippen LogP contribution in [-0.2, 0) is 67.1 Å². The van der Waals surface area contributed by atoms with E-state index in [4.69, 9.17) is 37.9 Å². The van der Waals surface area contributed by atoms with E-state index < -0.39 is 126 Å². The van der Waals surface area contributed by atoms with Crippen molar-refractivity contribution >= 4 is 47.4 Å². The average Bonchev–Trinajstić information content (AvgIpc) is 1.51. The summed E-state index contributed by atoms with van der Waals surface area (Å²) < 4.78 is 47.2. The van der Waals surface area contributed by atoms with Gasteiger partial charge in [-0.05, 0) is 117 Å². The van der Waals surface area contributed by atoms with E-state index in [1.54, 1.807) is 48.5 Å². The lowest BCUT2D eigenvalue weighted by Crippen LogP contribution is -2.55. The number of benzene rings is 3. The fourth-order valence-electron chi connectivity index (χ4n) is 8.52. The Hall–Kier alpha value is -8.41. The molecule has 3 unspecified atom stereocenters. The van der Waals surface area contributed by atoms with Gasteiger partial charge in [0, 0.05) is 30.6 Å². The SMILES string of the molecule is C=C(C)C(=O)OC(C)(CC)CCOC(C)(CC)C(=O)c1ccccc1C(=O)OCCn1c(=O)n(CCOC(=O)c2ccccc2C(=O)OC(C)(C)COC(C)(C)C(=O)C(=C)C)c(=O)n(CCOC(=O)c2ccccc2C(=O)OC(C)(CC)CCO)c1=O.